The van der Waals surface area contributed by atoms with Crippen LogP contribution in [-0.4, -0.2) is 30.2 Å². The van der Waals surface area contributed by atoms with Crippen LogP contribution in [0.1, 0.15) is 105 Å². The molecule has 0 aromatic rings. The zero-order valence-electron chi connectivity index (χ0n) is 16.3. The van der Waals surface area contributed by atoms with Gasteiger partial charge in [0.15, 0.2) is 0 Å². The highest BCUT2D eigenvalue weighted by atomic mass is 19.0. The lowest BCUT2D eigenvalue weighted by atomic mass is 9.97. The van der Waals surface area contributed by atoms with Gasteiger partial charge in [0.05, 0.1) is 25.7 Å². The lowest BCUT2D eigenvalue weighted by molar-refractivity contribution is -0.952. The molecule has 0 heterocycles. The van der Waals surface area contributed by atoms with Crippen LogP contribution in [-0.2, 0) is 0 Å². The van der Waals surface area contributed by atoms with Gasteiger partial charge in [0.2, 0.25) is 0 Å². The SMILES string of the molecule is CCCCC(CCC)[N+](CCCC)(CCCC)CCCC.[F-]. The van der Waals surface area contributed by atoms with E-state index >= 15 is 0 Å². The van der Waals surface area contributed by atoms with E-state index in [1.165, 1.54) is 94.7 Å². The second-order valence-corrected chi connectivity index (χ2v) is 7.03. The van der Waals surface area contributed by atoms with Crippen LogP contribution in [0.2, 0.25) is 0 Å². The first kappa shape index (κ1) is 24.1. The molecular weight excluding hydrogens is 273 g/mol. The Morgan fingerprint density at radius 1 is 0.545 bits per heavy atom. The third-order valence-corrected chi connectivity index (χ3v) is 5.16. The molecule has 136 valence electrons. The Labute approximate surface area is 140 Å². The van der Waals surface area contributed by atoms with Crippen molar-refractivity contribution in [3.8, 4) is 0 Å². The summed E-state index contributed by atoms with van der Waals surface area (Å²) in [6.45, 7) is 16.1. The lowest BCUT2D eigenvalue weighted by Crippen LogP contribution is -3.00. The van der Waals surface area contributed by atoms with Crippen molar-refractivity contribution >= 4 is 0 Å². The van der Waals surface area contributed by atoms with Crippen molar-refractivity contribution in [3.63, 3.8) is 0 Å². The van der Waals surface area contributed by atoms with Gasteiger partial charge in [0, 0.05) is 0 Å². The molecule has 0 aromatic carbocycles. The van der Waals surface area contributed by atoms with Crippen LogP contribution in [0.5, 0.6) is 0 Å². The van der Waals surface area contributed by atoms with Crippen LogP contribution >= 0.6 is 0 Å². The van der Waals surface area contributed by atoms with Crippen LogP contribution in [0.3, 0.4) is 0 Å². The quantitative estimate of drug-likeness (QED) is 0.405. The third-order valence-electron chi connectivity index (χ3n) is 5.16. The highest BCUT2D eigenvalue weighted by Crippen LogP contribution is 2.26. The van der Waals surface area contributed by atoms with Crippen LogP contribution in [0.25, 0.3) is 0 Å². The van der Waals surface area contributed by atoms with Gasteiger partial charge in [-0.2, -0.15) is 0 Å². The summed E-state index contributed by atoms with van der Waals surface area (Å²) in [6, 6.07) is 0.930. The van der Waals surface area contributed by atoms with E-state index in [1.807, 2.05) is 0 Å². The maximum atomic E-state index is 2.38. The summed E-state index contributed by atoms with van der Waals surface area (Å²) in [5.74, 6) is 0. The second-order valence-electron chi connectivity index (χ2n) is 7.03. The molecule has 0 aromatic heterocycles. The topological polar surface area (TPSA) is 0 Å². The van der Waals surface area contributed by atoms with Crippen molar-refractivity contribution < 1.29 is 9.19 Å². The molecule has 0 N–H and O–H groups in total. The Balaban J connectivity index is 0. The summed E-state index contributed by atoms with van der Waals surface area (Å²) in [5, 5.41) is 0. The molecule has 0 aliphatic rings. The van der Waals surface area contributed by atoms with Gasteiger partial charge in [-0.25, -0.2) is 0 Å². The number of hydrogen-bond donors (Lipinski definition) is 0. The average molecular weight is 318 g/mol. The molecule has 1 atom stereocenters. The molecule has 0 radical (unpaired) electrons. The van der Waals surface area contributed by atoms with E-state index in [4.69, 9.17) is 0 Å². The number of quaternary nitrogens is 1. The van der Waals surface area contributed by atoms with E-state index in [-0.39, 0.29) is 4.70 Å². The van der Waals surface area contributed by atoms with E-state index < -0.39 is 0 Å². The number of hydrogen-bond acceptors (Lipinski definition) is 0. The molecule has 0 bridgehead atoms. The molecular formula is C20H44FN. The third kappa shape index (κ3) is 9.12. The molecule has 0 spiro atoms. The van der Waals surface area contributed by atoms with Gasteiger partial charge in [-0.15, -0.1) is 0 Å². The van der Waals surface area contributed by atoms with Crippen molar-refractivity contribution in [1.29, 1.82) is 0 Å². The molecule has 2 heteroatoms. The summed E-state index contributed by atoms with van der Waals surface area (Å²) in [6.07, 6.45) is 15.3. The highest BCUT2D eigenvalue weighted by Gasteiger charge is 2.34. The minimum Gasteiger partial charge on any atom is -1.00 e. The smallest absolute Gasteiger partial charge is 0.0890 e. The predicted octanol–water partition coefficient (Wildman–Crippen LogP) is 3.57. The number of halogens is 1. The Hall–Kier alpha value is -0.110. The Morgan fingerprint density at radius 3 is 1.27 bits per heavy atom. The van der Waals surface area contributed by atoms with Crippen LogP contribution < -0.4 is 4.70 Å². The fraction of sp³-hybridized carbons (Fsp3) is 1.00. The summed E-state index contributed by atoms with van der Waals surface area (Å²) in [5.41, 5.74) is 0. The summed E-state index contributed by atoms with van der Waals surface area (Å²) in [4.78, 5) is 0. The molecule has 0 saturated carbocycles. The molecule has 0 aliphatic carbocycles. The standard InChI is InChI=1S/C20H44N.FH/c1-6-11-16-20(15-10-5)21(17-12-7-2,18-13-8-3)19-14-9-4;/h20H,6-19H2,1-5H3;1H/q+1;/p-1. The minimum atomic E-state index is 0. The maximum Gasteiger partial charge on any atom is 0.0890 e. The Morgan fingerprint density at radius 2 is 0.955 bits per heavy atom. The fourth-order valence-electron chi connectivity index (χ4n) is 3.77. The van der Waals surface area contributed by atoms with Crippen molar-refractivity contribution in [2.45, 2.75) is 111 Å². The van der Waals surface area contributed by atoms with Gasteiger partial charge < -0.3 is 9.19 Å². The summed E-state index contributed by atoms with van der Waals surface area (Å²) < 4.78 is 1.45. The molecule has 22 heavy (non-hydrogen) atoms. The number of nitrogens with zero attached hydrogens (tertiary/aromatic N) is 1. The van der Waals surface area contributed by atoms with Crippen molar-refractivity contribution in [1.82, 2.24) is 0 Å². The lowest BCUT2D eigenvalue weighted by Gasteiger charge is -2.46. The largest absolute Gasteiger partial charge is 1.00 e. The zero-order valence-corrected chi connectivity index (χ0v) is 16.3. The van der Waals surface area contributed by atoms with E-state index in [0.717, 1.165) is 6.04 Å². The first-order chi connectivity index (χ1) is 10.2. The van der Waals surface area contributed by atoms with Gasteiger partial charge in [-0.1, -0.05) is 66.7 Å². The molecule has 0 rings (SSSR count). The van der Waals surface area contributed by atoms with Gasteiger partial charge in [-0.3, -0.25) is 0 Å². The van der Waals surface area contributed by atoms with Crippen LogP contribution in [0.15, 0.2) is 0 Å². The average Bonchev–Trinajstić information content (AvgIpc) is 2.51. The first-order valence-corrected chi connectivity index (χ1v) is 10.1. The predicted molar refractivity (Wildman–Crippen MR) is 97.8 cm³/mol. The minimum absolute atomic E-state index is 0. The van der Waals surface area contributed by atoms with E-state index in [0.29, 0.717) is 0 Å². The highest BCUT2D eigenvalue weighted by molar-refractivity contribution is 4.63. The Kier molecular flexibility index (Phi) is 17.3. The summed E-state index contributed by atoms with van der Waals surface area (Å²) >= 11 is 0. The first-order valence-electron chi connectivity index (χ1n) is 10.1. The molecule has 1 unspecified atom stereocenters. The van der Waals surface area contributed by atoms with Crippen LogP contribution in [0.4, 0.5) is 0 Å². The number of unbranched alkanes of at least 4 members (excludes halogenated alkanes) is 4. The van der Waals surface area contributed by atoms with E-state index in [2.05, 4.69) is 34.6 Å². The molecule has 0 saturated heterocycles. The zero-order chi connectivity index (χ0) is 16.0. The van der Waals surface area contributed by atoms with Gasteiger partial charge in [0.1, 0.15) is 0 Å². The number of rotatable bonds is 15. The van der Waals surface area contributed by atoms with E-state index in [1.54, 1.807) is 0 Å². The van der Waals surface area contributed by atoms with Gasteiger partial charge in [-0.05, 0) is 38.5 Å². The van der Waals surface area contributed by atoms with Gasteiger partial charge in [0.25, 0.3) is 0 Å². The Bertz CT molecular complexity index is 196. The molecule has 0 aliphatic heterocycles. The van der Waals surface area contributed by atoms with Crippen molar-refractivity contribution in [3.05, 3.63) is 0 Å². The van der Waals surface area contributed by atoms with Crippen molar-refractivity contribution in [2.75, 3.05) is 19.6 Å². The van der Waals surface area contributed by atoms with Crippen molar-refractivity contribution in [2.24, 2.45) is 0 Å². The summed E-state index contributed by atoms with van der Waals surface area (Å²) in [7, 11) is 0. The van der Waals surface area contributed by atoms with Gasteiger partial charge >= 0.3 is 0 Å². The monoisotopic (exact) mass is 317 g/mol. The second kappa shape index (κ2) is 15.8. The maximum absolute atomic E-state index is 2.38. The van der Waals surface area contributed by atoms with E-state index in [9.17, 15) is 0 Å². The molecule has 0 amide bonds. The fourth-order valence-corrected chi connectivity index (χ4v) is 3.77. The molecule has 0 fully saturated rings. The molecule has 1 nitrogen and oxygen atoms in total. The normalized spacial score (nSPS) is 13.0. The van der Waals surface area contributed by atoms with Crippen LogP contribution in [0, 0.1) is 0 Å².